The Morgan fingerprint density at radius 2 is 2.00 bits per heavy atom. The molecular formula is C17H15Cl2FN2O2S. The summed E-state index contributed by atoms with van der Waals surface area (Å²) in [7, 11) is 0. The fourth-order valence-electron chi connectivity index (χ4n) is 2.54. The number of hydrogen-bond acceptors (Lipinski definition) is 4. The molecular weight excluding hydrogens is 386 g/mol. The lowest BCUT2D eigenvalue weighted by molar-refractivity contribution is 0.0980. The van der Waals surface area contributed by atoms with E-state index in [-0.39, 0.29) is 22.4 Å². The molecule has 8 heteroatoms. The normalized spacial score (nSPS) is 14.2. The summed E-state index contributed by atoms with van der Waals surface area (Å²) in [5, 5.41) is 0.873. The maximum Gasteiger partial charge on any atom is 0.264 e. The number of benzene rings is 2. The number of ether oxygens (including phenoxy) is 1. The second kappa shape index (κ2) is 7.72. The molecule has 0 saturated carbocycles. The van der Waals surface area contributed by atoms with Crippen LogP contribution in [-0.2, 0) is 0 Å². The van der Waals surface area contributed by atoms with E-state index in [1.165, 1.54) is 6.07 Å². The van der Waals surface area contributed by atoms with Crippen molar-refractivity contribution in [2.45, 2.75) is 6.10 Å². The SMILES string of the molecule is CSNC(=O)c1cc(Cl)c(OC2CN(c3ccccc3Cl)C2)cc1F. The Kier molecular flexibility index (Phi) is 5.61. The molecule has 3 rings (SSSR count). The highest BCUT2D eigenvalue weighted by Gasteiger charge is 2.30. The third kappa shape index (κ3) is 3.97. The number of anilines is 1. The number of hydrogen-bond donors (Lipinski definition) is 1. The summed E-state index contributed by atoms with van der Waals surface area (Å²) in [5.41, 5.74) is 0.823. The topological polar surface area (TPSA) is 41.6 Å². The highest BCUT2D eigenvalue weighted by atomic mass is 35.5. The van der Waals surface area contributed by atoms with Crippen LogP contribution in [-0.4, -0.2) is 31.4 Å². The first-order valence-corrected chi connectivity index (χ1v) is 9.46. The molecule has 2 aromatic rings. The lowest BCUT2D eigenvalue weighted by atomic mass is 10.1. The predicted octanol–water partition coefficient (Wildman–Crippen LogP) is 4.41. The zero-order valence-electron chi connectivity index (χ0n) is 13.3. The number of carbonyl (C=O) groups excluding carboxylic acids is 1. The van der Waals surface area contributed by atoms with Crippen molar-refractivity contribution in [3.05, 3.63) is 57.8 Å². The van der Waals surface area contributed by atoms with Gasteiger partial charge in [-0.15, -0.1) is 0 Å². The molecule has 0 aromatic heterocycles. The molecule has 0 spiro atoms. The Bertz CT molecular complexity index is 800. The molecule has 0 aliphatic carbocycles. The van der Waals surface area contributed by atoms with E-state index >= 15 is 0 Å². The van der Waals surface area contributed by atoms with Gasteiger partial charge >= 0.3 is 0 Å². The van der Waals surface area contributed by atoms with Crippen molar-refractivity contribution in [2.24, 2.45) is 0 Å². The molecule has 1 fully saturated rings. The van der Waals surface area contributed by atoms with Gasteiger partial charge in [0.2, 0.25) is 0 Å². The van der Waals surface area contributed by atoms with E-state index in [0.717, 1.165) is 23.7 Å². The third-order valence-corrected chi connectivity index (χ3v) is 4.80. The maximum absolute atomic E-state index is 14.1. The molecule has 0 atom stereocenters. The van der Waals surface area contributed by atoms with Gasteiger partial charge in [-0.05, 0) is 18.2 Å². The average molecular weight is 401 g/mol. The summed E-state index contributed by atoms with van der Waals surface area (Å²) in [6.45, 7) is 1.24. The van der Waals surface area contributed by atoms with Crippen LogP contribution in [0.3, 0.4) is 0 Å². The first-order chi connectivity index (χ1) is 12.0. The van der Waals surface area contributed by atoms with Crippen molar-refractivity contribution < 1.29 is 13.9 Å². The van der Waals surface area contributed by atoms with Gasteiger partial charge in [0.05, 0.1) is 34.4 Å². The third-order valence-electron chi connectivity index (χ3n) is 3.80. The van der Waals surface area contributed by atoms with E-state index in [4.69, 9.17) is 27.9 Å². The molecule has 1 heterocycles. The number of nitrogens with one attached hydrogen (secondary N) is 1. The van der Waals surface area contributed by atoms with Gasteiger partial charge in [-0.1, -0.05) is 47.3 Å². The van der Waals surface area contributed by atoms with Gasteiger partial charge in [-0.2, -0.15) is 0 Å². The minimum atomic E-state index is -0.673. The first kappa shape index (κ1) is 18.2. The van der Waals surface area contributed by atoms with Crippen LogP contribution in [0.2, 0.25) is 10.0 Å². The number of para-hydroxylation sites is 1. The Morgan fingerprint density at radius 3 is 2.68 bits per heavy atom. The molecule has 1 aliphatic heterocycles. The van der Waals surface area contributed by atoms with E-state index in [0.29, 0.717) is 18.1 Å². The van der Waals surface area contributed by atoms with Crippen molar-refractivity contribution in [1.29, 1.82) is 0 Å². The van der Waals surface area contributed by atoms with Gasteiger partial charge in [-0.3, -0.25) is 9.52 Å². The highest BCUT2D eigenvalue weighted by Crippen LogP contribution is 2.33. The molecule has 1 N–H and O–H groups in total. The molecule has 4 nitrogen and oxygen atoms in total. The summed E-state index contributed by atoms with van der Waals surface area (Å²) in [4.78, 5) is 13.8. The Balaban J connectivity index is 1.66. The first-order valence-electron chi connectivity index (χ1n) is 7.48. The monoisotopic (exact) mass is 400 g/mol. The summed E-state index contributed by atoms with van der Waals surface area (Å²) in [6.07, 6.45) is 1.55. The van der Waals surface area contributed by atoms with Crippen LogP contribution in [0.4, 0.5) is 10.1 Å². The summed E-state index contributed by atoms with van der Waals surface area (Å²) in [6, 6.07) is 9.98. The summed E-state index contributed by atoms with van der Waals surface area (Å²) >= 11 is 13.4. The van der Waals surface area contributed by atoms with Crippen molar-refractivity contribution in [3.8, 4) is 5.75 Å². The molecule has 1 saturated heterocycles. The van der Waals surface area contributed by atoms with Crippen molar-refractivity contribution in [2.75, 3.05) is 24.2 Å². The van der Waals surface area contributed by atoms with Crippen molar-refractivity contribution >= 4 is 46.7 Å². The zero-order valence-corrected chi connectivity index (χ0v) is 15.6. The minimum absolute atomic E-state index is 0.113. The maximum atomic E-state index is 14.1. The number of amides is 1. The van der Waals surface area contributed by atoms with E-state index in [9.17, 15) is 9.18 Å². The minimum Gasteiger partial charge on any atom is -0.485 e. The van der Waals surface area contributed by atoms with Crippen LogP contribution >= 0.6 is 35.1 Å². The van der Waals surface area contributed by atoms with Crippen LogP contribution in [0.1, 0.15) is 10.4 Å². The quantitative estimate of drug-likeness (QED) is 0.754. The lowest BCUT2D eigenvalue weighted by Gasteiger charge is -2.41. The summed E-state index contributed by atoms with van der Waals surface area (Å²) < 4.78 is 22.3. The number of halogens is 3. The molecule has 1 amide bonds. The summed E-state index contributed by atoms with van der Waals surface area (Å²) in [5.74, 6) is -0.983. The standard InChI is InChI=1S/C17H15Cl2FN2O2S/c1-25-21-17(23)11-6-13(19)16(7-14(11)20)24-10-8-22(9-10)15-5-3-2-4-12(15)18/h2-7,10H,8-9H2,1H3,(H,21,23). The van der Waals surface area contributed by atoms with E-state index in [1.807, 2.05) is 24.3 Å². The fraction of sp³-hybridized carbons (Fsp3) is 0.235. The lowest BCUT2D eigenvalue weighted by Crippen LogP contribution is -2.54. The van der Waals surface area contributed by atoms with Crippen molar-refractivity contribution in [1.82, 2.24) is 4.72 Å². The smallest absolute Gasteiger partial charge is 0.264 e. The number of nitrogens with zero attached hydrogens (tertiary/aromatic N) is 1. The second-order valence-electron chi connectivity index (χ2n) is 5.49. The Labute approximate surface area is 159 Å². The largest absolute Gasteiger partial charge is 0.485 e. The number of rotatable bonds is 5. The van der Waals surface area contributed by atoms with Crippen LogP contribution in [0.15, 0.2) is 36.4 Å². The molecule has 25 heavy (non-hydrogen) atoms. The van der Waals surface area contributed by atoms with Gasteiger partial charge in [0.1, 0.15) is 17.7 Å². The second-order valence-corrected chi connectivity index (χ2v) is 6.92. The van der Waals surface area contributed by atoms with Crippen molar-refractivity contribution in [3.63, 3.8) is 0 Å². The Morgan fingerprint density at radius 1 is 1.28 bits per heavy atom. The van der Waals surface area contributed by atoms with E-state index in [1.54, 1.807) is 6.26 Å². The fourth-order valence-corrected chi connectivity index (χ4v) is 3.30. The van der Waals surface area contributed by atoms with Crippen LogP contribution < -0.4 is 14.4 Å². The molecule has 0 radical (unpaired) electrons. The van der Waals surface area contributed by atoms with Crippen LogP contribution in [0.25, 0.3) is 0 Å². The van der Waals surface area contributed by atoms with Crippen LogP contribution in [0.5, 0.6) is 5.75 Å². The number of carbonyl (C=O) groups is 1. The van der Waals surface area contributed by atoms with Gasteiger partial charge in [0, 0.05) is 12.3 Å². The van der Waals surface area contributed by atoms with Gasteiger partial charge in [0.25, 0.3) is 5.91 Å². The van der Waals surface area contributed by atoms with Gasteiger partial charge in [0.15, 0.2) is 0 Å². The molecule has 0 bridgehead atoms. The Hall–Kier alpha value is -1.63. The zero-order chi connectivity index (χ0) is 18.0. The van der Waals surface area contributed by atoms with Gasteiger partial charge < -0.3 is 9.64 Å². The van der Waals surface area contributed by atoms with Crippen LogP contribution in [0, 0.1) is 5.82 Å². The van der Waals surface area contributed by atoms with Gasteiger partial charge in [-0.25, -0.2) is 4.39 Å². The molecule has 0 unspecified atom stereocenters. The predicted molar refractivity (Wildman–Crippen MR) is 100 cm³/mol. The molecule has 2 aromatic carbocycles. The highest BCUT2D eigenvalue weighted by molar-refractivity contribution is 7.97. The van der Waals surface area contributed by atoms with E-state index < -0.39 is 11.7 Å². The molecule has 132 valence electrons. The van der Waals surface area contributed by atoms with E-state index in [2.05, 4.69) is 9.62 Å². The molecule has 1 aliphatic rings. The average Bonchev–Trinajstić information content (AvgIpc) is 2.54.